The number of fused-ring (bicyclic) bond motifs is 1. The zero-order valence-corrected chi connectivity index (χ0v) is 5.59. The average Bonchev–Trinajstić information content (AvgIpc) is 2.05. The van der Waals surface area contributed by atoms with E-state index in [9.17, 15) is 0 Å². The molecule has 0 saturated carbocycles. The largest absolute Gasteiger partial charge is 0.303 e. The van der Waals surface area contributed by atoms with E-state index in [0.717, 1.165) is 18.5 Å². The summed E-state index contributed by atoms with van der Waals surface area (Å²) in [5.74, 6) is 0. The molecular weight excluding hydrogens is 124 g/mol. The Morgan fingerprint density at radius 2 is 2.60 bits per heavy atom. The fourth-order valence-corrected chi connectivity index (χ4v) is 1.10. The van der Waals surface area contributed by atoms with E-state index in [2.05, 4.69) is 16.8 Å². The lowest BCUT2D eigenvalue weighted by Crippen LogP contribution is -2.21. The SMILES string of the molecule is [C]1NCCc2cnccc21. The maximum absolute atomic E-state index is 4.03. The molecule has 0 amide bonds. The maximum atomic E-state index is 4.03. The third-order valence-electron chi connectivity index (χ3n) is 1.65. The average molecular weight is 132 g/mol. The van der Waals surface area contributed by atoms with E-state index >= 15 is 0 Å². The summed E-state index contributed by atoms with van der Waals surface area (Å²) in [5, 5.41) is 3.06. The second kappa shape index (κ2) is 2.39. The second-order valence-electron chi connectivity index (χ2n) is 2.33. The zero-order chi connectivity index (χ0) is 6.81. The highest BCUT2D eigenvalue weighted by molar-refractivity contribution is 5.31. The highest BCUT2D eigenvalue weighted by atomic mass is 14.9. The lowest BCUT2D eigenvalue weighted by atomic mass is 10.0. The first-order chi connectivity index (χ1) is 4.97. The number of hydrogen-bond acceptors (Lipinski definition) is 2. The Labute approximate surface area is 60.3 Å². The molecule has 2 radical (unpaired) electrons. The van der Waals surface area contributed by atoms with Gasteiger partial charge in [0.05, 0.1) is 6.54 Å². The van der Waals surface area contributed by atoms with Gasteiger partial charge in [0.15, 0.2) is 0 Å². The Kier molecular flexibility index (Phi) is 1.40. The minimum Gasteiger partial charge on any atom is -0.303 e. The fraction of sp³-hybridized carbons (Fsp3) is 0.250. The van der Waals surface area contributed by atoms with E-state index in [1.165, 1.54) is 5.56 Å². The maximum Gasteiger partial charge on any atom is 0.0937 e. The topological polar surface area (TPSA) is 24.9 Å². The summed E-state index contributed by atoms with van der Waals surface area (Å²) >= 11 is 0. The van der Waals surface area contributed by atoms with Gasteiger partial charge in [0.25, 0.3) is 0 Å². The van der Waals surface area contributed by atoms with Crippen LogP contribution < -0.4 is 5.32 Å². The molecule has 1 aliphatic heterocycles. The third-order valence-corrected chi connectivity index (χ3v) is 1.65. The summed E-state index contributed by atoms with van der Waals surface area (Å²) in [7, 11) is 0. The van der Waals surface area contributed by atoms with Gasteiger partial charge < -0.3 is 5.32 Å². The van der Waals surface area contributed by atoms with Crippen LogP contribution in [0.5, 0.6) is 0 Å². The summed E-state index contributed by atoms with van der Waals surface area (Å²) in [5.41, 5.74) is 2.45. The quantitative estimate of drug-likeness (QED) is 0.559. The molecule has 0 aromatic carbocycles. The van der Waals surface area contributed by atoms with Gasteiger partial charge in [0, 0.05) is 18.9 Å². The summed E-state index contributed by atoms with van der Waals surface area (Å²) in [6.07, 6.45) is 4.76. The van der Waals surface area contributed by atoms with Crippen molar-refractivity contribution in [1.82, 2.24) is 10.3 Å². The minimum absolute atomic E-state index is 0.985. The molecule has 10 heavy (non-hydrogen) atoms. The smallest absolute Gasteiger partial charge is 0.0937 e. The lowest BCUT2D eigenvalue weighted by molar-refractivity contribution is 0.749. The summed E-state index contributed by atoms with van der Waals surface area (Å²) in [6.45, 7) is 4.06. The Morgan fingerprint density at radius 3 is 3.50 bits per heavy atom. The first kappa shape index (κ1) is 5.86. The molecule has 0 spiro atoms. The summed E-state index contributed by atoms with van der Waals surface area (Å²) < 4.78 is 0. The molecule has 1 aromatic heterocycles. The van der Waals surface area contributed by atoms with Crippen LogP contribution in [0, 0.1) is 6.54 Å². The second-order valence-corrected chi connectivity index (χ2v) is 2.33. The van der Waals surface area contributed by atoms with Crippen molar-refractivity contribution in [3.8, 4) is 0 Å². The first-order valence-corrected chi connectivity index (χ1v) is 3.38. The van der Waals surface area contributed by atoms with Crippen molar-refractivity contribution in [1.29, 1.82) is 0 Å². The van der Waals surface area contributed by atoms with Crippen LogP contribution in [0.25, 0.3) is 0 Å². The van der Waals surface area contributed by atoms with Crippen molar-refractivity contribution < 1.29 is 0 Å². The summed E-state index contributed by atoms with van der Waals surface area (Å²) in [6, 6.07) is 1.97. The number of hydrogen-bond donors (Lipinski definition) is 1. The van der Waals surface area contributed by atoms with Gasteiger partial charge >= 0.3 is 0 Å². The molecule has 2 heterocycles. The van der Waals surface area contributed by atoms with Crippen molar-refractivity contribution in [2.75, 3.05) is 6.54 Å². The van der Waals surface area contributed by atoms with Gasteiger partial charge in [-0.1, -0.05) is 0 Å². The molecule has 0 aliphatic carbocycles. The van der Waals surface area contributed by atoms with E-state index < -0.39 is 0 Å². The van der Waals surface area contributed by atoms with Crippen LogP contribution in [-0.2, 0) is 6.42 Å². The fourth-order valence-electron chi connectivity index (χ4n) is 1.10. The van der Waals surface area contributed by atoms with E-state index in [0.29, 0.717) is 0 Å². The molecule has 0 bridgehead atoms. The molecule has 1 aliphatic rings. The molecule has 2 heteroatoms. The molecular formula is C8H8N2. The Bertz CT molecular complexity index is 207. The minimum atomic E-state index is 0.985. The number of nitrogens with one attached hydrogen (secondary N) is 1. The van der Waals surface area contributed by atoms with Crippen molar-refractivity contribution >= 4 is 0 Å². The number of aromatic nitrogens is 1. The van der Waals surface area contributed by atoms with Gasteiger partial charge in [-0.3, -0.25) is 4.98 Å². The van der Waals surface area contributed by atoms with Crippen LogP contribution in [-0.4, -0.2) is 11.5 Å². The molecule has 1 aromatic rings. The van der Waals surface area contributed by atoms with Crippen LogP contribution in [0.2, 0.25) is 0 Å². The number of pyridine rings is 1. The van der Waals surface area contributed by atoms with Gasteiger partial charge in [0.2, 0.25) is 0 Å². The molecule has 50 valence electrons. The van der Waals surface area contributed by atoms with Crippen LogP contribution >= 0.6 is 0 Å². The van der Waals surface area contributed by atoms with Crippen molar-refractivity contribution in [3.63, 3.8) is 0 Å². The monoisotopic (exact) mass is 132 g/mol. The Balaban J connectivity index is 2.41. The van der Waals surface area contributed by atoms with Crippen LogP contribution in [0.15, 0.2) is 18.5 Å². The number of rotatable bonds is 0. The van der Waals surface area contributed by atoms with Gasteiger partial charge in [-0.25, -0.2) is 0 Å². The van der Waals surface area contributed by atoms with Crippen molar-refractivity contribution in [2.45, 2.75) is 6.42 Å². The standard InChI is InChI=1S/C8H8N2/c1-3-9-6-8-2-4-10-5-7(1)8/h1,3,6,10H,2,4H2. The lowest BCUT2D eigenvalue weighted by Gasteiger charge is -2.13. The zero-order valence-electron chi connectivity index (χ0n) is 5.59. The van der Waals surface area contributed by atoms with Gasteiger partial charge in [0.1, 0.15) is 0 Å². The normalized spacial score (nSPS) is 16.4. The molecule has 1 N–H and O–H groups in total. The van der Waals surface area contributed by atoms with Gasteiger partial charge in [-0.05, 0) is 23.6 Å². The predicted molar refractivity (Wildman–Crippen MR) is 38.3 cm³/mol. The van der Waals surface area contributed by atoms with E-state index in [-0.39, 0.29) is 0 Å². The first-order valence-electron chi connectivity index (χ1n) is 3.38. The Morgan fingerprint density at radius 1 is 1.60 bits per heavy atom. The highest BCUT2D eigenvalue weighted by Gasteiger charge is 2.07. The van der Waals surface area contributed by atoms with Gasteiger partial charge in [-0.15, -0.1) is 0 Å². The van der Waals surface area contributed by atoms with Crippen LogP contribution in [0.1, 0.15) is 11.1 Å². The molecule has 0 unspecified atom stereocenters. The molecule has 0 fully saturated rings. The molecule has 2 nitrogen and oxygen atoms in total. The number of nitrogens with zero attached hydrogens (tertiary/aromatic N) is 1. The Hall–Kier alpha value is -0.890. The van der Waals surface area contributed by atoms with Gasteiger partial charge in [-0.2, -0.15) is 0 Å². The molecule has 0 atom stereocenters. The molecule has 0 saturated heterocycles. The van der Waals surface area contributed by atoms with E-state index in [1.807, 2.05) is 12.3 Å². The van der Waals surface area contributed by atoms with Crippen molar-refractivity contribution in [2.24, 2.45) is 0 Å². The van der Waals surface area contributed by atoms with Crippen LogP contribution in [0.4, 0.5) is 0 Å². The van der Waals surface area contributed by atoms with E-state index in [1.54, 1.807) is 6.20 Å². The summed E-state index contributed by atoms with van der Waals surface area (Å²) in [4.78, 5) is 4.03. The third kappa shape index (κ3) is 0.907. The predicted octanol–water partition coefficient (Wildman–Crippen LogP) is 0.614. The van der Waals surface area contributed by atoms with Crippen LogP contribution in [0.3, 0.4) is 0 Å². The molecule has 2 rings (SSSR count). The van der Waals surface area contributed by atoms with Crippen molar-refractivity contribution in [3.05, 3.63) is 36.1 Å². The van der Waals surface area contributed by atoms with E-state index in [4.69, 9.17) is 0 Å². The highest BCUT2D eigenvalue weighted by Crippen LogP contribution is 2.11.